The Balaban J connectivity index is 1.66. The molecule has 0 fully saturated rings. The number of carbonyl (C=O) groups is 1. The molecule has 2 N–H and O–H groups in total. The molecule has 4 nitrogen and oxygen atoms in total. The van der Waals surface area contributed by atoms with E-state index in [0.29, 0.717) is 12.1 Å². The van der Waals surface area contributed by atoms with Crippen molar-refractivity contribution in [2.75, 3.05) is 4.72 Å². The van der Waals surface area contributed by atoms with Crippen molar-refractivity contribution in [2.24, 2.45) is 0 Å². The highest BCUT2D eigenvalue weighted by Gasteiger charge is 2.11. The van der Waals surface area contributed by atoms with Crippen LogP contribution in [-0.4, -0.2) is 5.91 Å². The Morgan fingerprint density at radius 1 is 0.957 bits per heavy atom. The number of benzene rings is 2. The topological polar surface area (TPSA) is 54.3 Å². The van der Waals surface area contributed by atoms with Crippen LogP contribution >= 0.6 is 11.9 Å². The Kier molecular flexibility index (Phi) is 5.01. The van der Waals surface area contributed by atoms with Gasteiger partial charge in [0, 0.05) is 4.90 Å². The average Bonchev–Trinajstić information content (AvgIpc) is 3.12. The molecule has 3 rings (SSSR count). The molecule has 0 spiro atoms. The Bertz CT molecular complexity index is 758. The first-order chi connectivity index (χ1) is 11.3. The van der Waals surface area contributed by atoms with E-state index >= 15 is 0 Å². The Labute approximate surface area is 139 Å². The van der Waals surface area contributed by atoms with Crippen molar-refractivity contribution in [2.45, 2.75) is 11.4 Å². The molecule has 1 amide bonds. The van der Waals surface area contributed by atoms with Crippen LogP contribution in [0.4, 0.5) is 5.69 Å². The van der Waals surface area contributed by atoms with Gasteiger partial charge in [-0.15, -0.1) is 0 Å². The van der Waals surface area contributed by atoms with Crippen LogP contribution in [0.2, 0.25) is 0 Å². The molecule has 2 aromatic carbocycles. The smallest absolute Gasteiger partial charge is 0.253 e. The second-order valence-corrected chi connectivity index (χ2v) is 5.70. The second kappa shape index (κ2) is 7.56. The van der Waals surface area contributed by atoms with Crippen LogP contribution in [0.3, 0.4) is 0 Å². The van der Waals surface area contributed by atoms with Crippen molar-refractivity contribution < 1.29 is 9.21 Å². The van der Waals surface area contributed by atoms with Gasteiger partial charge in [0.05, 0.1) is 24.1 Å². The van der Waals surface area contributed by atoms with E-state index in [4.69, 9.17) is 4.42 Å². The van der Waals surface area contributed by atoms with Gasteiger partial charge in [0.25, 0.3) is 5.91 Å². The van der Waals surface area contributed by atoms with Gasteiger partial charge in [-0.2, -0.15) is 0 Å². The van der Waals surface area contributed by atoms with Crippen LogP contribution in [0, 0.1) is 0 Å². The quantitative estimate of drug-likeness (QED) is 0.663. The van der Waals surface area contributed by atoms with Gasteiger partial charge in [-0.3, -0.25) is 4.79 Å². The largest absolute Gasteiger partial charge is 0.467 e. The third-order valence-electron chi connectivity index (χ3n) is 3.20. The summed E-state index contributed by atoms with van der Waals surface area (Å²) in [4.78, 5) is 13.5. The highest BCUT2D eigenvalue weighted by atomic mass is 32.2. The van der Waals surface area contributed by atoms with Crippen LogP contribution in [0.25, 0.3) is 0 Å². The zero-order valence-electron chi connectivity index (χ0n) is 12.4. The van der Waals surface area contributed by atoms with Crippen LogP contribution in [-0.2, 0) is 6.54 Å². The highest BCUT2D eigenvalue weighted by Crippen LogP contribution is 2.23. The van der Waals surface area contributed by atoms with Gasteiger partial charge in [0.1, 0.15) is 5.76 Å². The second-order valence-electron chi connectivity index (χ2n) is 4.82. The van der Waals surface area contributed by atoms with Crippen molar-refractivity contribution >= 4 is 23.5 Å². The number of hydrogen-bond acceptors (Lipinski definition) is 4. The third kappa shape index (κ3) is 4.17. The van der Waals surface area contributed by atoms with Crippen molar-refractivity contribution in [1.29, 1.82) is 0 Å². The molecule has 1 aromatic heterocycles. The summed E-state index contributed by atoms with van der Waals surface area (Å²) in [5.74, 6) is 0.584. The number of nitrogens with one attached hydrogen (secondary N) is 2. The van der Waals surface area contributed by atoms with E-state index in [-0.39, 0.29) is 5.91 Å². The molecule has 0 saturated carbocycles. The summed E-state index contributed by atoms with van der Waals surface area (Å²) in [6.07, 6.45) is 1.59. The minimum Gasteiger partial charge on any atom is -0.467 e. The summed E-state index contributed by atoms with van der Waals surface area (Å²) in [5, 5.41) is 2.86. The maximum Gasteiger partial charge on any atom is 0.253 e. The number of para-hydroxylation sites is 1. The predicted molar refractivity (Wildman–Crippen MR) is 92.2 cm³/mol. The van der Waals surface area contributed by atoms with E-state index in [1.54, 1.807) is 18.4 Å². The lowest BCUT2D eigenvalue weighted by molar-refractivity contribution is 0.0949. The summed E-state index contributed by atoms with van der Waals surface area (Å²) < 4.78 is 8.46. The van der Waals surface area contributed by atoms with E-state index in [1.165, 1.54) is 11.9 Å². The number of amides is 1. The molecule has 3 aromatic rings. The fourth-order valence-electron chi connectivity index (χ4n) is 2.05. The van der Waals surface area contributed by atoms with E-state index in [9.17, 15) is 4.79 Å². The number of hydrogen-bond donors (Lipinski definition) is 2. The molecule has 0 aliphatic heterocycles. The van der Waals surface area contributed by atoms with Gasteiger partial charge in [0.2, 0.25) is 0 Å². The molecular formula is C18H16N2O2S. The van der Waals surface area contributed by atoms with Crippen LogP contribution in [0.1, 0.15) is 16.1 Å². The normalized spacial score (nSPS) is 10.3. The fraction of sp³-hybridized carbons (Fsp3) is 0.0556. The summed E-state index contributed by atoms with van der Waals surface area (Å²) in [6, 6.07) is 21.0. The molecule has 1 heterocycles. The van der Waals surface area contributed by atoms with Gasteiger partial charge in [-0.25, -0.2) is 0 Å². The molecule has 0 saturated heterocycles. The minimum absolute atomic E-state index is 0.141. The zero-order chi connectivity index (χ0) is 15.9. The number of anilines is 1. The molecule has 0 unspecified atom stereocenters. The van der Waals surface area contributed by atoms with Crippen LogP contribution < -0.4 is 10.0 Å². The van der Waals surface area contributed by atoms with Gasteiger partial charge < -0.3 is 14.5 Å². The first-order valence-electron chi connectivity index (χ1n) is 7.20. The fourth-order valence-corrected chi connectivity index (χ4v) is 2.75. The van der Waals surface area contributed by atoms with Crippen molar-refractivity contribution in [3.8, 4) is 0 Å². The zero-order valence-corrected chi connectivity index (χ0v) is 13.2. The molecule has 116 valence electrons. The first-order valence-corrected chi connectivity index (χ1v) is 8.02. The lowest BCUT2D eigenvalue weighted by Crippen LogP contribution is -2.23. The van der Waals surface area contributed by atoms with Crippen LogP contribution in [0.5, 0.6) is 0 Å². The van der Waals surface area contributed by atoms with E-state index in [0.717, 1.165) is 16.3 Å². The molecule has 0 atom stereocenters. The lowest BCUT2D eigenvalue weighted by Gasteiger charge is -2.11. The third-order valence-corrected chi connectivity index (χ3v) is 4.03. The Morgan fingerprint density at radius 3 is 2.52 bits per heavy atom. The molecule has 0 radical (unpaired) electrons. The number of furan rings is 1. The average molecular weight is 324 g/mol. The SMILES string of the molecule is O=C(NCc1ccco1)c1ccccc1NSc1ccccc1. The maximum absolute atomic E-state index is 12.4. The summed E-state index contributed by atoms with van der Waals surface area (Å²) >= 11 is 1.47. The molecule has 0 aliphatic rings. The standard InChI is InChI=1S/C18H16N2O2S/c21-18(19-13-14-7-6-12-22-14)16-10-4-5-11-17(16)20-23-15-8-2-1-3-9-15/h1-12,20H,13H2,(H,19,21). The van der Waals surface area contributed by atoms with E-state index in [1.807, 2.05) is 54.6 Å². The molecular weight excluding hydrogens is 308 g/mol. The van der Waals surface area contributed by atoms with Crippen molar-refractivity contribution in [3.05, 3.63) is 84.3 Å². The van der Waals surface area contributed by atoms with E-state index in [2.05, 4.69) is 10.0 Å². The Morgan fingerprint density at radius 2 is 1.74 bits per heavy atom. The molecule has 0 bridgehead atoms. The predicted octanol–water partition coefficient (Wildman–Crippen LogP) is 4.33. The van der Waals surface area contributed by atoms with Crippen molar-refractivity contribution in [1.82, 2.24) is 5.32 Å². The summed E-state index contributed by atoms with van der Waals surface area (Å²) in [7, 11) is 0. The number of carbonyl (C=O) groups excluding carboxylic acids is 1. The lowest BCUT2D eigenvalue weighted by atomic mass is 10.1. The number of rotatable bonds is 6. The monoisotopic (exact) mass is 324 g/mol. The summed E-state index contributed by atoms with van der Waals surface area (Å²) in [5.41, 5.74) is 1.38. The van der Waals surface area contributed by atoms with Gasteiger partial charge in [0.15, 0.2) is 0 Å². The highest BCUT2D eigenvalue weighted by molar-refractivity contribution is 8.00. The molecule has 23 heavy (non-hydrogen) atoms. The Hall–Kier alpha value is -2.66. The van der Waals surface area contributed by atoms with Gasteiger partial charge in [-0.1, -0.05) is 30.3 Å². The van der Waals surface area contributed by atoms with Crippen LogP contribution in [0.15, 0.2) is 82.3 Å². The molecule has 0 aliphatic carbocycles. The summed E-state index contributed by atoms with van der Waals surface area (Å²) in [6.45, 7) is 0.367. The minimum atomic E-state index is -0.141. The van der Waals surface area contributed by atoms with E-state index < -0.39 is 0 Å². The molecule has 5 heteroatoms. The first kappa shape index (κ1) is 15.2. The maximum atomic E-state index is 12.4. The van der Waals surface area contributed by atoms with Gasteiger partial charge in [-0.05, 0) is 48.3 Å². The van der Waals surface area contributed by atoms with Crippen molar-refractivity contribution in [3.63, 3.8) is 0 Å². The van der Waals surface area contributed by atoms with Gasteiger partial charge >= 0.3 is 0 Å².